The van der Waals surface area contributed by atoms with Gasteiger partial charge in [0.2, 0.25) is 0 Å². The zero-order chi connectivity index (χ0) is 15.2. The van der Waals surface area contributed by atoms with Crippen LogP contribution in [0, 0.1) is 5.92 Å². The topological polar surface area (TPSA) is 54.9 Å². The maximum atomic E-state index is 5.75. The first-order chi connectivity index (χ1) is 10.4. The molecule has 1 fully saturated rings. The smallest absolute Gasteiger partial charge is 0.190 e. The molecule has 1 heterocycles. The molecule has 1 rings (SSSR count). The second-order valence-corrected chi connectivity index (χ2v) is 5.62. The molecule has 1 aliphatic heterocycles. The maximum Gasteiger partial charge on any atom is 0.190 e. The van der Waals surface area contributed by atoms with Crippen molar-refractivity contribution in [3.63, 3.8) is 0 Å². The van der Waals surface area contributed by atoms with Gasteiger partial charge in [0.1, 0.15) is 0 Å². The van der Waals surface area contributed by atoms with Crippen LogP contribution < -0.4 is 10.6 Å². The number of unbranched alkanes of at least 4 members (excludes halogenated alkanes) is 2. The van der Waals surface area contributed by atoms with Gasteiger partial charge in [0, 0.05) is 46.6 Å². The zero-order valence-corrected chi connectivity index (χ0v) is 16.6. The number of aliphatic imine (C=N–C) groups is 1. The highest BCUT2D eigenvalue weighted by atomic mass is 127. The summed E-state index contributed by atoms with van der Waals surface area (Å²) in [5, 5.41) is 6.65. The van der Waals surface area contributed by atoms with Gasteiger partial charge in [-0.3, -0.25) is 4.99 Å². The Kier molecular flexibility index (Phi) is 15.7. The molecule has 0 aromatic rings. The van der Waals surface area contributed by atoms with Gasteiger partial charge < -0.3 is 20.1 Å². The van der Waals surface area contributed by atoms with Gasteiger partial charge in [-0.2, -0.15) is 0 Å². The molecule has 2 N–H and O–H groups in total. The van der Waals surface area contributed by atoms with E-state index in [1.165, 1.54) is 19.3 Å². The lowest BCUT2D eigenvalue weighted by atomic mass is 10.0. The Bertz CT molecular complexity index is 272. The number of hydrogen-bond donors (Lipinski definition) is 2. The zero-order valence-electron chi connectivity index (χ0n) is 14.2. The number of nitrogens with zero attached hydrogens (tertiary/aromatic N) is 1. The minimum atomic E-state index is 0. The van der Waals surface area contributed by atoms with E-state index in [0.717, 1.165) is 64.7 Å². The van der Waals surface area contributed by atoms with Crippen molar-refractivity contribution in [3.8, 4) is 0 Å². The molecule has 5 nitrogen and oxygen atoms in total. The van der Waals surface area contributed by atoms with E-state index in [2.05, 4.69) is 22.5 Å². The first-order valence-corrected chi connectivity index (χ1v) is 8.46. The molecule has 1 saturated heterocycles. The lowest BCUT2D eigenvalue weighted by molar-refractivity contribution is 0.0203. The van der Waals surface area contributed by atoms with Crippen LogP contribution in [0.1, 0.15) is 45.4 Å². The van der Waals surface area contributed by atoms with E-state index in [4.69, 9.17) is 9.47 Å². The van der Waals surface area contributed by atoms with Gasteiger partial charge in [0.25, 0.3) is 0 Å². The van der Waals surface area contributed by atoms with Gasteiger partial charge in [-0.05, 0) is 31.6 Å². The first kappa shape index (κ1) is 21.9. The summed E-state index contributed by atoms with van der Waals surface area (Å²) in [4.78, 5) is 4.22. The van der Waals surface area contributed by atoms with Crippen LogP contribution in [0.2, 0.25) is 0 Å². The Morgan fingerprint density at radius 3 is 2.45 bits per heavy atom. The number of rotatable bonds is 10. The van der Waals surface area contributed by atoms with Crippen molar-refractivity contribution < 1.29 is 9.47 Å². The molecule has 0 spiro atoms. The molecule has 6 heteroatoms. The van der Waals surface area contributed by atoms with Crippen LogP contribution >= 0.6 is 24.0 Å². The summed E-state index contributed by atoms with van der Waals surface area (Å²) in [6.07, 6.45) is 7.02. The van der Waals surface area contributed by atoms with Gasteiger partial charge in [0.15, 0.2) is 5.96 Å². The van der Waals surface area contributed by atoms with Crippen LogP contribution in [0.5, 0.6) is 0 Å². The Balaban J connectivity index is 0.00000441. The first-order valence-electron chi connectivity index (χ1n) is 8.46. The van der Waals surface area contributed by atoms with Crippen molar-refractivity contribution in [1.29, 1.82) is 0 Å². The predicted octanol–water partition coefficient (Wildman–Crippen LogP) is 2.79. The van der Waals surface area contributed by atoms with Gasteiger partial charge in [-0.15, -0.1) is 24.0 Å². The van der Waals surface area contributed by atoms with Gasteiger partial charge >= 0.3 is 0 Å². The van der Waals surface area contributed by atoms with E-state index in [1.54, 1.807) is 0 Å². The summed E-state index contributed by atoms with van der Waals surface area (Å²) in [6.45, 7) is 7.61. The van der Waals surface area contributed by atoms with Crippen LogP contribution in [0.25, 0.3) is 0 Å². The van der Waals surface area contributed by atoms with E-state index in [1.807, 2.05) is 7.05 Å². The third kappa shape index (κ3) is 11.5. The monoisotopic (exact) mass is 427 g/mol. The Hall–Kier alpha value is -0.0800. The Labute approximate surface area is 153 Å². The highest BCUT2D eigenvalue weighted by molar-refractivity contribution is 14.0. The molecular formula is C16H34IN3O2. The molecular weight excluding hydrogens is 393 g/mol. The number of nitrogens with one attached hydrogen (secondary N) is 2. The predicted molar refractivity (Wildman–Crippen MR) is 103 cm³/mol. The highest BCUT2D eigenvalue weighted by Gasteiger charge is 2.13. The van der Waals surface area contributed by atoms with Crippen LogP contribution in [0.3, 0.4) is 0 Å². The van der Waals surface area contributed by atoms with Gasteiger partial charge in [-0.1, -0.05) is 19.8 Å². The number of ether oxygens (including phenoxy) is 2. The fourth-order valence-electron chi connectivity index (χ4n) is 2.35. The summed E-state index contributed by atoms with van der Waals surface area (Å²) in [5.41, 5.74) is 0. The normalized spacial score (nSPS) is 16.2. The molecule has 0 unspecified atom stereocenters. The fraction of sp³-hybridized carbons (Fsp3) is 0.938. The summed E-state index contributed by atoms with van der Waals surface area (Å²) in [6, 6.07) is 0. The molecule has 22 heavy (non-hydrogen) atoms. The van der Waals surface area contributed by atoms with E-state index < -0.39 is 0 Å². The van der Waals surface area contributed by atoms with Crippen molar-refractivity contribution in [2.24, 2.45) is 10.9 Å². The fourth-order valence-corrected chi connectivity index (χ4v) is 2.35. The molecule has 0 bridgehead atoms. The van der Waals surface area contributed by atoms with Crippen molar-refractivity contribution in [1.82, 2.24) is 10.6 Å². The van der Waals surface area contributed by atoms with E-state index >= 15 is 0 Å². The SMILES string of the molecule is CCCCCNC(=NC)NCCCOCC1CCOCC1.I. The van der Waals surface area contributed by atoms with Crippen LogP contribution in [0.15, 0.2) is 4.99 Å². The molecule has 0 atom stereocenters. The van der Waals surface area contributed by atoms with E-state index in [-0.39, 0.29) is 24.0 Å². The number of halogens is 1. The molecule has 0 aromatic carbocycles. The average Bonchev–Trinajstić information content (AvgIpc) is 2.53. The summed E-state index contributed by atoms with van der Waals surface area (Å²) < 4.78 is 11.1. The molecule has 0 saturated carbocycles. The average molecular weight is 427 g/mol. The standard InChI is InChI=1S/C16H33N3O2.HI/c1-3-4-5-9-18-16(17-2)19-10-6-11-21-14-15-7-12-20-13-8-15;/h15H,3-14H2,1-2H3,(H2,17,18,19);1H. The minimum Gasteiger partial charge on any atom is -0.381 e. The number of guanidine groups is 1. The molecule has 0 radical (unpaired) electrons. The van der Waals surface area contributed by atoms with Crippen LogP contribution in [0.4, 0.5) is 0 Å². The number of hydrogen-bond acceptors (Lipinski definition) is 3. The van der Waals surface area contributed by atoms with Crippen molar-refractivity contribution in [3.05, 3.63) is 0 Å². The second-order valence-electron chi connectivity index (χ2n) is 5.62. The summed E-state index contributed by atoms with van der Waals surface area (Å²) >= 11 is 0. The molecule has 0 aromatic heterocycles. The van der Waals surface area contributed by atoms with Crippen LogP contribution in [-0.2, 0) is 9.47 Å². The minimum absolute atomic E-state index is 0. The third-order valence-corrected chi connectivity index (χ3v) is 3.75. The lowest BCUT2D eigenvalue weighted by Crippen LogP contribution is -2.38. The Morgan fingerprint density at radius 1 is 1.14 bits per heavy atom. The molecule has 0 aliphatic carbocycles. The summed E-state index contributed by atoms with van der Waals surface area (Å²) in [7, 11) is 1.82. The third-order valence-electron chi connectivity index (χ3n) is 3.75. The lowest BCUT2D eigenvalue weighted by Gasteiger charge is -2.21. The van der Waals surface area contributed by atoms with E-state index in [0.29, 0.717) is 5.92 Å². The van der Waals surface area contributed by atoms with E-state index in [9.17, 15) is 0 Å². The summed E-state index contributed by atoms with van der Waals surface area (Å²) in [5.74, 6) is 1.59. The molecule has 1 aliphatic rings. The van der Waals surface area contributed by atoms with Gasteiger partial charge in [0.05, 0.1) is 0 Å². The van der Waals surface area contributed by atoms with Crippen molar-refractivity contribution in [2.75, 3.05) is 46.6 Å². The molecule has 0 amide bonds. The second kappa shape index (κ2) is 15.8. The quantitative estimate of drug-likeness (QED) is 0.244. The maximum absolute atomic E-state index is 5.75. The van der Waals surface area contributed by atoms with Crippen LogP contribution in [-0.4, -0.2) is 52.5 Å². The molecule has 132 valence electrons. The largest absolute Gasteiger partial charge is 0.381 e. The van der Waals surface area contributed by atoms with Crippen molar-refractivity contribution in [2.45, 2.75) is 45.4 Å². The van der Waals surface area contributed by atoms with Crippen molar-refractivity contribution >= 4 is 29.9 Å². The van der Waals surface area contributed by atoms with Gasteiger partial charge in [-0.25, -0.2) is 0 Å². The highest BCUT2D eigenvalue weighted by Crippen LogP contribution is 2.14. The Morgan fingerprint density at radius 2 is 1.82 bits per heavy atom.